The predicted octanol–water partition coefficient (Wildman–Crippen LogP) is 3.06. The van der Waals surface area contributed by atoms with E-state index in [0.717, 1.165) is 0 Å². The molecule has 0 saturated carbocycles. The van der Waals surface area contributed by atoms with Crippen LogP contribution in [0, 0.1) is 10.1 Å². The van der Waals surface area contributed by atoms with Gasteiger partial charge in [0.15, 0.2) is 5.75 Å². The van der Waals surface area contributed by atoms with Gasteiger partial charge in [-0.2, -0.15) is 0 Å². The Balaban J connectivity index is 2.87. The van der Waals surface area contributed by atoms with Crippen molar-refractivity contribution in [2.75, 3.05) is 26.4 Å². The summed E-state index contributed by atoms with van der Waals surface area (Å²) in [6.07, 6.45) is 0. The molecule has 1 aromatic carbocycles. The van der Waals surface area contributed by atoms with Crippen molar-refractivity contribution in [2.24, 2.45) is 0 Å². The monoisotopic (exact) mass is 289 g/mol. The van der Waals surface area contributed by atoms with E-state index < -0.39 is 4.92 Å². The molecule has 0 amide bonds. The molecule has 0 aliphatic heterocycles. The Kier molecular flexibility index (Phi) is 6.38. The van der Waals surface area contributed by atoms with Crippen LogP contribution in [0.15, 0.2) is 12.1 Å². The molecule has 0 aliphatic rings. The zero-order valence-corrected chi connectivity index (χ0v) is 11.6. The SMILES string of the molecule is CCOCCOc1cc([N+](=O)[O-])c(OCC)cc1Cl. The van der Waals surface area contributed by atoms with Gasteiger partial charge in [0, 0.05) is 12.7 Å². The third-order valence-corrected chi connectivity index (χ3v) is 2.49. The second-order valence-electron chi connectivity index (χ2n) is 3.49. The van der Waals surface area contributed by atoms with Crippen LogP contribution in [0.1, 0.15) is 13.8 Å². The molecule has 0 aliphatic carbocycles. The van der Waals surface area contributed by atoms with Gasteiger partial charge in [-0.3, -0.25) is 10.1 Å². The van der Waals surface area contributed by atoms with E-state index in [2.05, 4.69) is 0 Å². The van der Waals surface area contributed by atoms with Crippen molar-refractivity contribution in [3.05, 3.63) is 27.3 Å². The highest BCUT2D eigenvalue weighted by Crippen LogP contribution is 2.37. The van der Waals surface area contributed by atoms with E-state index in [1.807, 2.05) is 6.92 Å². The first-order chi connectivity index (χ1) is 9.10. The van der Waals surface area contributed by atoms with E-state index in [4.69, 9.17) is 25.8 Å². The lowest BCUT2D eigenvalue weighted by Crippen LogP contribution is -2.07. The normalized spacial score (nSPS) is 10.3. The average Bonchev–Trinajstić information content (AvgIpc) is 2.36. The molecular weight excluding hydrogens is 274 g/mol. The van der Waals surface area contributed by atoms with Crippen LogP contribution in [0.2, 0.25) is 5.02 Å². The van der Waals surface area contributed by atoms with Crippen LogP contribution >= 0.6 is 11.6 Å². The topological polar surface area (TPSA) is 70.8 Å². The summed E-state index contributed by atoms with van der Waals surface area (Å²) in [5, 5.41) is 11.2. The fraction of sp³-hybridized carbons (Fsp3) is 0.500. The van der Waals surface area contributed by atoms with E-state index in [1.54, 1.807) is 6.92 Å². The van der Waals surface area contributed by atoms with Crippen LogP contribution in [0.3, 0.4) is 0 Å². The van der Waals surface area contributed by atoms with Crippen LogP contribution < -0.4 is 9.47 Å². The zero-order valence-electron chi connectivity index (χ0n) is 10.8. The molecule has 0 atom stereocenters. The summed E-state index contributed by atoms with van der Waals surface area (Å²) in [5.74, 6) is 0.381. The van der Waals surface area contributed by atoms with Crippen molar-refractivity contribution in [1.29, 1.82) is 0 Å². The Morgan fingerprint density at radius 3 is 2.47 bits per heavy atom. The van der Waals surface area contributed by atoms with E-state index in [1.165, 1.54) is 12.1 Å². The molecule has 0 bridgehead atoms. The third-order valence-electron chi connectivity index (χ3n) is 2.20. The second kappa shape index (κ2) is 7.81. The number of halogens is 1. The Bertz CT molecular complexity index is 438. The molecular formula is C12H16ClNO5. The highest BCUT2D eigenvalue weighted by atomic mass is 35.5. The number of ether oxygens (including phenoxy) is 3. The lowest BCUT2D eigenvalue weighted by Gasteiger charge is -2.10. The summed E-state index contributed by atoms with van der Waals surface area (Å²) in [6, 6.07) is 2.65. The van der Waals surface area contributed by atoms with Gasteiger partial charge >= 0.3 is 5.69 Å². The summed E-state index contributed by atoms with van der Waals surface area (Å²) in [5.41, 5.74) is -0.169. The minimum atomic E-state index is -0.531. The number of hydrogen-bond donors (Lipinski definition) is 0. The highest BCUT2D eigenvalue weighted by molar-refractivity contribution is 6.32. The van der Waals surface area contributed by atoms with Crippen molar-refractivity contribution in [2.45, 2.75) is 13.8 Å². The van der Waals surface area contributed by atoms with Crippen LogP contribution in [0.5, 0.6) is 11.5 Å². The van der Waals surface area contributed by atoms with Gasteiger partial charge in [-0.25, -0.2) is 0 Å². The Morgan fingerprint density at radius 1 is 1.16 bits per heavy atom. The molecule has 106 valence electrons. The molecule has 0 saturated heterocycles. The molecule has 0 radical (unpaired) electrons. The van der Waals surface area contributed by atoms with Crippen LogP contribution in [-0.2, 0) is 4.74 Å². The maximum Gasteiger partial charge on any atom is 0.314 e. The van der Waals surface area contributed by atoms with Crippen molar-refractivity contribution in [3.63, 3.8) is 0 Å². The molecule has 1 aromatic rings. The molecule has 0 unspecified atom stereocenters. The molecule has 0 spiro atoms. The quantitative estimate of drug-likeness (QED) is 0.418. The first kappa shape index (κ1) is 15.5. The molecule has 7 heteroatoms. The van der Waals surface area contributed by atoms with E-state index >= 15 is 0 Å². The molecule has 19 heavy (non-hydrogen) atoms. The van der Waals surface area contributed by atoms with Gasteiger partial charge in [0.2, 0.25) is 0 Å². The van der Waals surface area contributed by atoms with Gasteiger partial charge < -0.3 is 14.2 Å². The minimum Gasteiger partial charge on any atom is -0.489 e. The summed E-state index contributed by atoms with van der Waals surface area (Å²) in [4.78, 5) is 10.4. The maximum atomic E-state index is 10.9. The minimum absolute atomic E-state index is 0.134. The van der Waals surface area contributed by atoms with Crippen molar-refractivity contribution < 1.29 is 19.1 Å². The third kappa shape index (κ3) is 4.57. The predicted molar refractivity (Wildman–Crippen MR) is 71.3 cm³/mol. The van der Waals surface area contributed by atoms with Crippen molar-refractivity contribution in [1.82, 2.24) is 0 Å². The fourth-order valence-corrected chi connectivity index (χ4v) is 1.61. The van der Waals surface area contributed by atoms with Crippen molar-refractivity contribution in [3.8, 4) is 11.5 Å². The van der Waals surface area contributed by atoms with Crippen LogP contribution in [0.25, 0.3) is 0 Å². The molecule has 6 nitrogen and oxygen atoms in total. The van der Waals surface area contributed by atoms with Crippen LogP contribution in [-0.4, -0.2) is 31.4 Å². The number of benzene rings is 1. The summed E-state index contributed by atoms with van der Waals surface area (Å²) < 4.78 is 15.6. The molecule has 0 fully saturated rings. The maximum absolute atomic E-state index is 10.9. The number of nitro benzene ring substituents is 1. The fourth-order valence-electron chi connectivity index (χ4n) is 1.40. The van der Waals surface area contributed by atoms with Gasteiger partial charge in [-0.15, -0.1) is 0 Å². The first-order valence-electron chi connectivity index (χ1n) is 5.91. The largest absolute Gasteiger partial charge is 0.489 e. The first-order valence-corrected chi connectivity index (χ1v) is 6.29. The smallest absolute Gasteiger partial charge is 0.314 e. The highest BCUT2D eigenvalue weighted by Gasteiger charge is 2.19. The number of hydrogen-bond acceptors (Lipinski definition) is 5. The number of rotatable bonds is 8. The summed E-state index contributed by atoms with van der Waals surface area (Å²) >= 11 is 5.99. The lowest BCUT2D eigenvalue weighted by molar-refractivity contribution is -0.385. The van der Waals surface area contributed by atoms with Crippen LogP contribution in [0.4, 0.5) is 5.69 Å². The van der Waals surface area contributed by atoms with E-state index in [0.29, 0.717) is 19.8 Å². The van der Waals surface area contributed by atoms with Gasteiger partial charge in [-0.1, -0.05) is 11.6 Å². The van der Waals surface area contributed by atoms with E-state index in [9.17, 15) is 10.1 Å². The summed E-state index contributed by atoms with van der Waals surface area (Å²) in [7, 11) is 0. The van der Waals surface area contributed by atoms with Gasteiger partial charge in [0.25, 0.3) is 0 Å². The Hall–Kier alpha value is -1.53. The zero-order chi connectivity index (χ0) is 14.3. The Labute approximate surface area is 116 Å². The number of nitro groups is 1. The average molecular weight is 290 g/mol. The standard InChI is InChI=1S/C12H16ClNO5/c1-3-17-5-6-19-11-8-10(14(15)16)12(18-4-2)7-9(11)13/h7-8H,3-6H2,1-2H3. The van der Waals surface area contributed by atoms with Gasteiger partial charge in [0.05, 0.1) is 29.2 Å². The Morgan fingerprint density at radius 2 is 1.89 bits per heavy atom. The van der Waals surface area contributed by atoms with E-state index in [-0.39, 0.29) is 28.8 Å². The molecule has 1 rings (SSSR count). The molecule has 0 aromatic heterocycles. The second-order valence-corrected chi connectivity index (χ2v) is 3.89. The summed E-state index contributed by atoms with van der Waals surface area (Å²) in [6.45, 7) is 5.19. The molecule has 0 heterocycles. The lowest BCUT2D eigenvalue weighted by atomic mass is 10.2. The van der Waals surface area contributed by atoms with Gasteiger partial charge in [0.1, 0.15) is 12.4 Å². The van der Waals surface area contributed by atoms with Crippen molar-refractivity contribution >= 4 is 17.3 Å². The molecule has 0 N–H and O–H groups in total. The number of nitrogens with zero attached hydrogens (tertiary/aromatic N) is 1. The van der Waals surface area contributed by atoms with Gasteiger partial charge in [-0.05, 0) is 13.8 Å².